The Morgan fingerprint density at radius 2 is 2.00 bits per heavy atom. The fraction of sp³-hybridized carbons (Fsp3) is 0.917. The van der Waals surface area contributed by atoms with Crippen LogP contribution in [0.5, 0.6) is 0 Å². The molecule has 0 aromatic heterocycles. The molecule has 4 nitrogen and oxygen atoms in total. The summed E-state index contributed by atoms with van der Waals surface area (Å²) in [4.78, 5) is 14.0. The molecule has 4 heteroatoms. The minimum Gasteiger partial charge on any atom is -0.383 e. The van der Waals surface area contributed by atoms with Crippen molar-refractivity contribution in [1.29, 1.82) is 0 Å². The van der Waals surface area contributed by atoms with Gasteiger partial charge in [-0.25, -0.2) is 0 Å². The number of likely N-dealkylation sites (tertiary alicyclic amines) is 1. The molecule has 0 aromatic carbocycles. The Hall–Kier alpha value is -0.610. The molecule has 0 bridgehead atoms. The first-order chi connectivity index (χ1) is 7.46. The van der Waals surface area contributed by atoms with Gasteiger partial charge >= 0.3 is 0 Å². The number of methoxy groups -OCH3 is 1. The highest BCUT2D eigenvalue weighted by Crippen LogP contribution is 2.11. The lowest BCUT2D eigenvalue weighted by Gasteiger charge is -2.30. The van der Waals surface area contributed by atoms with Gasteiger partial charge < -0.3 is 9.64 Å². The van der Waals surface area contributed by atoms with E-state index in [0.717, 1.165) is 25.9 Å². The molecular formula is C12H24N2O2. The van der Waals surface area contributed by atoms with E-state index in [2.05, 4.69) is 5.32 Å². The fourth-order valence-corrected chi connectivity index (χ4v) is 2.26. The zero-order chi connectivity index (χ0) is 12.2. The second-order valence-electron chi connectivity index (χ2n) is 5.22. The molecule has 1 heterocycles. The summed E-state index contributed by atoms with van der Waals surface area (Å²) in [5, 5.41) is 3.32. The van der Waals surface area contributed by atoms with E-state index in [9.17, 15) is 4.79 Å². The number of hydrogen-bond donors (Lipinski definition) is 1. The molecule has 0 radical (unpaired) electrons. The lowest BCUT2D eigenvalue weighted by atomic mass is 10.1. The van der Waals surface area contributed by atoms with Crippen molar-refractivity contribution in [3.63, 3.8) is 0 Å². The lowest BCUT2D eigenvalue weighted by Crippen LogP contribution is -2.53. The standard InChI is InChI=1S/C12H24N2O2/c1-10(13-12(2,3)9-16-4)11(15)14-7-5-6-8-14/h10,13H,5-9H2,1-4H3. The monoisotopic (exact) mass is 228 g/mol. The Labute approximate surface area is 98.3 Å². The van der Waals surface area contributed by atoms with Crippen LogP contribution in [0.1, 0.15) is 33.6 Å². The van der Waals surface area contributed by atoms with E-state index in [1.54, 1.807) is 7.11 Å². The van der Waals surface area contributed by atoms with Crippen molar-refractivity contribution in [3.05, 3.63) is 0 Å². The number of nitrogens with zero attached hydrogens (tertiary/aromatic N) is 1. The topological polar surface area (TPSA) is 41.6 Å². The first kappa shape index (κ1) is 13.5. The summed E-state index contributed by atoms with van der Waals surface area (Å²) in [6.45, 7) is 8.45. The van der Waals surface area contributed by atoms with Gasteiger partial charge in [0.25, 0.3) is 0 Å². The first-order valence-corrected chi connectivity index (χ1v) is 6.02. The molecule has 0 spiro atoms. The van der Waals surface area contributed by atoms with Crippen LogP contribution in [-0.4, -0.2) is 49.2 Å². The normalized spacial score (nSPS) is 18.9. The Morgan fingerprint density at radius 1 is 1.44 bits per heavy atom. The number of hydrogen-bond acceptors (Lipinski definition) is 3. The summed E-state index contributed by atoms with van der Waals surface area (Å²) < 4.78 is 5.13. The van der Waals surface area contributed by atoms with E-state index >= 15 is 0 Å². The second-order valence-corrected chi connectivity index (χ2v) is 5.22. The van der Waals surface area contributed by atoms with Crippen LogP contribution in [0.2, 0.25) is 0 Å². The van der Waals surface area contributed by atoms with Crippen molar-refractivity contribution in [3.8, 4) is 0 Å². The molecule has 0 aromatic rings. The van der Waals surface area contributed by atoms with Crippen LogP contribution in [-0.2, 0) is 9.53 Å². The number of ether oxygens (including phenoxy) is 1. The Morgan fingerprint density at radius 3 is 2.50 bits per heavy atom. The van der Waals surface area contributed by atoms with Crippen molar-refractivity contribution in [1.82, 2.24) is 10.2 Å². The van der Waals surface area contributed by atoms with E-state index in [1.165, 1.54) is 0 Å². The highest BCUT2D eigenvalue weighted by atomic mass is 16.5. The van der Waals surface area contributed by atoms with E-state index < -0.39 is 0 Å². The third-order valence-electron chi connectivity index (χ3n) is 2.90. The summed E-state index contributed by atoms with van der Waals surface area (Å²) in [7, 11) is 1.68. The number of nitrogens with one attached hydrogen (secondary N) is 1. The zero-order valence-electron chi connectivity index (χ0n) is 10.9. The quantitative estimate of drug-likeness (QED) is 0.763. The molecule has 0 saturated carbocycles. The predicted octanol–water partition coefficient (Wildman–Crippen LogP) is 1.01. The summed E-state index contributed by atoms with van der Waals surface area (Å²) in [6.07, 6.45) is 2.28. The van der Waals surface area contributed by atoms with Gasteiger partial charge in [0, 0.05) is 25.7 Å². The third kappa shape index (κ3) is 3.76. The number of rotatable bonds is 5. The van der Waals surface area contributed by atoms with Crippen molar-refractivity contribution < 1.29 is 9.53 Å². The second kappa shape index (κ2) is 5.64. The molecule has 1 saturated heterocycles. The van der Waals surface area contributed by atoms with Gasteiger partial charge in [-0.05, 0) is 33.6 Å². The largest absolute Gasteiger partial charge is 0.383 e. The average molecular weight is 228 g/mol. The molecule has 1 aliphatic heterocycles. The minimum absolute atomic E-state index is 0.136. The van der Waals surface area contributed by atoms with Gasteiger partial charge in [-0.15, -0.1) is 0 Å². The van der Waals surface area contributed by atoms with Crippen LogP contribution in [0.15, 0.2) is 0 Å². The van der Waals surface area contributed by atoms with Crippen LogP contribution < -0.4 is 5.32 Å². The summed E-state index contributed by atoms with van der Waals surface area (Å²) in [5.41, 5.74) is -0.163. The Balaban J connectivity index is 2.44. The van der Waals surface area contributed by atoms with Gasteiger partial charge in [-0.3, -0.25) is 10.1 Å². The minimum atomic E-state index is -0.163. The average Bonchev–Trinajstić information content (AvgIpc) is 2.68. The van der Waals surface area contributed by atoms with Gasteiger partial charge in [0.1, 0.15) is 0 Å². The van der Waals surface area contributed by atoms with Crippen molar-refractivity contribution in [2.75, 3.05) is 26.8 Å². The fourth-order valence-electron chi connectivity index (χ4n) is 2.26. The molecule has 1 unspecified atom stereocenters. The van der Waals surface area contributed by atoms with E-state index in [4.69, 9.17) is 4.74 Å². The smallest absolute Gasteiger partial charge is 0.239 e. The van der Waals surface area contributed by atoms with E-state index in [1.807, 2.05) is 25.7 Å². The van der Waals surface area contributed by atoms with Crippen molar-refractivity contribution in [2.24, 2.45) is 0 Å². The maximum atomic E-state index is 12.0. The molecule has 0 aliphatic carbocycles. The molecule has 1 N–H and O–H groups in total. The molecular weight excluding hydrogens is 204 g/mol. The summed E-state index contributed by atoms with van der Waals surface area (Å²) >= 11 is 0. The molecule has 1 rings (SSSR count). The number of amides is 1. The lowest BCUT2D eigenvalue weighted by molar-refractivity contribution is -0.132. The molecule has 1 amide bonds. The molecule has 16 heavy (non-hydrogen) atoms. The maximum Gasteiger partial charge on any atom is 0.239 e. The van der Waals surface area contributed by atoms with Gasteiger partial charge in [-0.1, -0.05) is 0 Å². The highest BCUT2D eigenvalue weighted by Gasteiger charge is 2.27. The van der Waals surface area contributed by atoms with Gasteiger partial charge in [0.05, 0.1) is 12.6 Å². The third-order valence-corrected chi connectivity index (χ3v) is 2.90. The number of carbonyl (C=O) groups is 1. The number of carbonyl (C=O) groups excluding carboxylic acids is 1. The van der Waals surface area contributed by atoms with Crippen LogP contribution in [0.4, 0.5) is 0 Å². The van der Waals surface area contributed by atoms with E-state index in [-0.39, 0.29) is 17.5 Å². The molecule has 1 atom stereocenters. The SMILES string of the molecule is COCC(C)(C)NC(C)C(=O)N1CCCC1. The summed E-state index contributed by atoms with van der Waals surface area (Å²) in [5.74, 6) is 0.210. The van der Waals surface area contributed by atoms with Crippen LogP contribution >= 0.6 is 0 Å². The Bertz CT molecular complexity index is 235. The van der Waals surface area contributed by atoms with Gasteiger partial charge in [-0.2, -0.15) is 0 Å². The Kier molecular flexibility index (Phi) is 4.74. The zero-order valence-corrected chi connectivity index (χ0v) is 10.9. The van der Waals surface area contributed by atoms with Crippen LogP contribution in [0.25, 0.3) is 0 Å². The van der Waals surface area contributed by atoms with Gasteiger partial charge in [0.2, 0.25) is 5.91 Å². The predicted molar refractivity (Wildman–Crippen MR) is 64.4 cm³/mol. The molecule has 94 valence electrons. The summed E-state index contributed by atoms with van der Waals surface area (Å²) in [6, 6.07) is -0.136. The molecule has 1 aliphatic rings. The maximum absolute atomic E-state index is 12.0. The molecule has 1 fully saturated rings. The van der Waals surface area contributed by atoms with Crippen molar-refractivity contribution in [2.45, 2.75) is 45.2 Å². The van der Waals surface area contributed by atoms with Crippen LogP contribution in [0, 0.1) is 0 Å². The van der Waals surface area contributed by atoms with Crippen LogP contribution in [0.3, 0.4) is 0 Å². The van der Waals surface area contributed by atoms with Crippen molar-refractivity contribution >= 4 is 5.91 Å². The van der Waals surface area contributed by atoms with E-state index in [0.29, 0.717) is 6.61 Å². The highest BCUT2D eigenvalue weighted by molar-refractivity contribution is 5.81. The van der Waals surface area contributed by atoms with Gasteiger partial charge in [0.15, 0.2) is 0 Å². The first-order valence-electron chi connectivity index (χ1n) is 6.02.